The first-order chi connectivity index (χ1) is 14.4. The summed E-state index contributed by atoms with van der Waals surface area (Å²) in [5, 5.41) is 2.13. The normalized spacial score (nSPS) is 15.2. The maximum absolute atomic E-state index is 13.0. The van der Waals surface area contributed by atoms with Gasteiger partial charge in [0.1, 0.15) is 18.0 Å². The minimum atomic E-state index is -0.788. The molecule has 4 amide bonds. The van der Waals surface area contributed by atoms with Crippen molar-refractivity contribution in [3.63, 3.8) is 0 Å². The summed E-state index contributed by atoms with van der Waals surface area (Å²) in [4.78, 5) is 37.3. The highest BCUT2D eigenvalue weighted by Crippen LogP contribution is 2.30. The molecular weight excluding hydrogens is 391 g/mol. The molecule has 0 bridgehead atoms. The van der Waals surface area contributed by atoms with E-state index in [1.54, 1.807) is 30.3 Å². The maximum atomic E-state index is 13.0. The Morgan fingerprint density at radius 2 is 1.83 bits per heavy atom. The van der Waals surface area contributed by atoms with E-state index in [9.17, 15) is 18.8 Å². The predicted octanol–water partition coefficient (Wildman–Crippen LogP) is 3.06. The average molecular weight is 410 g/mol. The lowest BCUT2D eigenvalue weighted by Crippen LogP contribution is -2.54. The molecule has 1 heterocycles. The summed E-state index contributed by atoms with van der Waals surface area (Å²) in [7, 11) is 1.46. The van der Waals surface area contributed by atoms with Gasteiger partial charge >= 0.3 is 6.03 Å². The topological polar surface area (TPSA) is 84.9 Å². The van der Waals surface area contributed by atoms with E-state index in [-0.39, 0.29) is 24.5 Å². The lowest BCUT2D eigenvalue weighted by Gasteiger charge is -2.25. The number of urea groups is 1. The molecule has 0 saturated carbocycles. The number of benzene rings is 2. The highest BCUT2D eigenvalue weighted by molar-refractivity contribution is 6.31. The van der Waals surface area contributed by atoms with E-state index in [0.29, 0.717) is 17.1 Å². The van der Waals surface area contributed by atoms with Crippen LogP contribution in [-0.2, 0) is 16.2 Å². The second-order valence-corrected chi connectivity index (χ2v) is 6.35. The summed E-state index contributed by atoms with van der Waals surface area (Å²) in [6.45, 7) is 3.69. The molecule has 0 aromatic heterocycles. The van der Waals surface area contributed by atoms with Crippen LogP contribution in [-0.4, -0.2) is 36.4 Å². The molecular formula is C22H19FN2O5. The lowest BCUT2D eigenvalue weighted by molar-refractivity contribution is -0.129. The Hall–Kier alpha value is -3.94. The van der Waals surface area contributed by atoms with Crippen LogP contribution in [0, 0.1) is 5.82 Å². The van der Waals surface area contributed by atoms with Crippen LogP contribution < -0.4 is 14.8 Å². The highest BCUT2D eigenvalue weighted by Gasteiger charge is 2.34. The zero-order valence-electron chi connectivity index (χ0n) is 16.2. The summed E-state index contributed by atoms with van der Waals surface area (Å²) in [5.74, 6) is -0.996. The smallest absolute Gasteiger partial charge is 0.331 e. The minimum Gasteiger partial charge on any atom is -0.493 e. The van der Waals surface area contributed by atoms with Crippen molar-refractivity contribution in [1.82, 2.24) is 10.2 Å². The number of carbonyl (C=O) groups excluding carboxylic acids is 3. The average Bonchev–Trinajstić information content (AvgIpc) is 2.74. The van der Waals surface area contributed by atoms with Gasteiger partial charge in [-0.05, 0) is 41.5 Å². The number of hydrogen-bond acceptors (Lipinski definition) is 5. The molecule has 0 spiro atoms. The predicted molar refractivity (Wildman–Crippen MR) is 107 cm³/mol. The van der Waals surface area contributed by atoms with E-state index in [4.69, 9.17) is 9.47 Å². The van der Waals surface area contributed by atoms with E-state index in [2.05, 4.69) is 11.9 Å². The first-order valence-corrected chi connectivity index (χ1v) is 8.98. The van der Waals surface area contributed by atoms with Crippen molar-refractivity contribution in [1.29, 1.82) is 0 Å². The van der Waals surface area contributed by atoms with Crippen LogP contribution in [0.2, 0.25) is 0 Å². The summed E-state index contributed by atoms with van der Waals surface area (Å²) in [5.41, 5.74) is 1.10. The fraction of sp³-hybridized carbons (Fsp3) is 0.136. The molecule has 8 heteroatoms. The molecule has 2 aromatic rings. The fourth-order valence-corrected chi connectivity index (χ4v) is 2.79. The number of imide groups is 2. The third-order valence-electron chi connectivity index (χ3n) is 4.30. The summed E-state index contributed by atoms with van der Waals surface area (Å²) >= 11 is 0. The van der Waals surface area contributed by atoms with Crippen LogP contribution >= 0.6 is 0 Å². The van der Waals surface area contributed by atoms with Gasteiger partial charge in [-0.2, -0.15) is 0 Å². The van der Waals surface area contributed by atoms with Crippen LogP contribution in [0.25, 0.3) is 6.08 Å². The van der Waals surface area contributed by atoms with E-state index < -0.39 is 17.8 Å². The third kappa shape index (κ3) is 4.54. The summed E-state index contributed by atoms with van der Waals surface area (Å²) in [6, 6.07) is 10.0. The number of ether oxygens (including phenoxy) is 2. The molecule has 1 aliphatic rings. The molecule has 0 atom stereocenters. The monoisotopic (exact) mass is 410 g/mol. The van der Waals surface area contributed by atoms with Gasteiger partial charge in [-0.25, -0.2) is 9.18 Å². The first kappa shape index (κ1) is 20.8. The van der Waals surface area contributed by atoms with Gasteiger partial charge in [-0.15, -0.1) is 6.58 Å². The highest BCUT2D eigenvalue weighted by atomic mass is 19.1. The SMILES string of the molecule is C=CCN1C(=O)NC(=O)/C(=C/c2ccc(OCc3ccc(F)cc3)c(OC)c2)C1=O. The second kappa shape index (κ2) is 9.04. The number of carbonyl (C=O) groups is 3. The van der Waals surface area contributed by atoms with Crippen LogP contribution in [0.3, 0.4) is 0 Å². The number of amides is 4. The van der Waals surface area contributed by atoms with Crippen molar-refractivity contribution >= 4 is 23.9 Å². The maximum Gasteiger partial charge on any atom is 0.331 e. The number of nitrogens with one attached hydrogen (secondary N) is 1. The Bertz CT molecular complexity index is 1030. The zero-order valence-corrected chi connectivity index (χ0v) is 16.2. The second-order valence-electron chi connectivity index (χ2n) is 6.35. The van der Waals surface area contributed by atoms with Gasteiger partial charge in [0, 0.05) is 6.54 Å². The molecule has 2 aromatic carbocycles. The molecule has 0 radical (unpaired) electrons. The van der Waals surface area contributed by atoms with Crippen molar-refractivity contribution in [3.05, 3.63) is 77.6 Å². The minimum absolute atomic E-state index is 0.0191. The van der Waals surface area contributed by atoms with Gasteiger partial charge in [0.15, 0.2) is 11.5 Å². The number of hydrogen-bond donors (Lipinski definition) is 1. The Morgan fingerprint density at radius 1 is 1.10 bits per heavy atom. The van der Waals surface area contributed by atoms with Crippen molar-refractivity contribution in [3.8, 4) is 11.5 Å². The molecule has 30 heavy (non-hydrogen) atoms. The van der Waals surface area contributed by atoms with E-state index >= 15 is 0 Å². The number of nitrogens with zero attached hydrogens (tertiary/aromatic N) is 1. The molecule has 1 saturated heterocycles. The summed E-state index contributed by atoms with van der Waals surface area (Å²) in [6.07, 6.45) is 2.76. The molecule has 154 valence electrons. The Balaban J connectivity index is 1.82. The van der Waals surface area contributed by atoms with Gasteiger partial charge in [-0.3, -0.25) is 19.8 Å². The molecule has 0 aliphatic carbocycles. The molecule has 1 fully saturated rings. The Labute approximate surface area is 172 Å². The van der Waals surface area contributed by atoms with Crippen molar-refractivity contribution in [2.45, 2.75) is 6.61 Å². The number of rotatable bonds is 7. The van der Waals surface area contributed by atoms with Gasteiger partial charge in [0.05, 0.1) is 7.11 Å². The van der Waals surface area contributed by atoms with Crippen molar-refractivity contribution in [2.75, 3.05) is 13.7 Å². The van der Waals surface area contributed by atoms with Gasteiger partial charge < -0.3 is 9.47 Å². The largest absolute Gasteiger partial charge is 0.493 e. The standard InChI is InChI=1S/C22H19FN2O5/c1-3-10-25-21(27)17(20(26)24-22(25)28)11-15-6-9-18(19(12-15)29-2)30-13-14-4-7-16(23)8-5-14/h3-9,11-12H,1,10,13H2,2H3,(H,24,26,28)/b17-11-. The molecule has 1 aliphatic heterocycles. The van der Waals surface area contributed by atoms with E-state index in [0.717, 1.165) is 10.5 Å². The van der Waals surface area contributed by atoms with Crippen LogP contribution in [0.1, 0.15) is 11.1 Å². The van der Waals surface area contributed by atoms with Gasteiger partial charge in [-0.1, -0.05) is 24.3 Å². The van der Waals surface area contributed by atoms with E-state index in [1.807, 2.05) is 0 Å². The number of barbiturate groups is 1. The fourth-order valence-electron chi connectivity index (χ4n) is 2.79. The number of halogens is 1. The van der Waals surface area contributed by atoms with Crippen molar-refractivity contribution in [2.24, 2.45) is 0 Å². The van der Waals surface area contributed by atoms with E-state index in [1.165, 1.54) is 31.4 Å². The van der Waals surface area contributed by atoms with Crippen LogP contribution in [0.5, 0.6) is 11.5 Å². The Morgan fingerprint density at radius 3 is 2.50 bits per heavy atom. The quantitative estimate of drug-likeness (QED) is 0.431. The zero-order chi connectivity index (χ0) is 21.7. The molecule has 3 rings (SSSR count). The molecule has 1 N–H and O–H groups in total. The van der Waals surface area contributed by atoms with Crippen molar-refractivity contribution < 1.29 is 28.2 Å². The van der Waals surface area contributed by atoms with Gasteiger partial charge in [0.25, 0.3) is 11.8 Å². The molecule has 7 nitrogen and oxygen atoms in total. The van der Waals surface area contributed by atoms with Gasteiger partial charge in [0.2, 0.25) is 0 Å². The molecule has 0 unspecified atom stereocenters. The first-order valence-electron chi connectivity index (χ1n) is 8.98. The van der Waals surface area contributed by atoms with Crippen LogP contribution in [0.4, 0.5) is 9.18 Å². The summed E-state index contributed by atoms with van der Waals surface area (Å²) < 4.78 is 24.1. The van der Waals surface area contributed by atoms with Crippen LogP contribution in [0.15, 0.2) is 60.7 Å². The third-order valence-corrected chi connectivity index (χ3v) is 4.30. The Kier molecular flexibility index (Phi) is 6.26. The number of methoxy groups -OCH3 is 1. The lowest BCUT2D eigenvalue weighted by atomic mass is 10.1.